The highest BCUT2D eigenvalue weighted by Crippen LogP contribution is 2.31. The molecule has 5 nitrogen and oxygen atoms in total. The van der Waals surface area contributed by atoms with E-state index in [-0.39, 0.29) is 6.61 Å². The standard InChI is InChI=1S/C9H9F2NO4/c1-5(13)4-16-9-7(12(14)15)3-2-6(10)8(9)11/h2-3,5,13H,4H2,1H3/t5-/m0/s1. The SMILES string of the molecule is C[C@H](O)COc1c([N+](=O)[O-])ccc(F)c1F. The van der Waals surface area contributed by atoms with Gasteiger partial charge in [-0.2, -0.15) is 4.39 Å². The summed E-state index contributed by atoms with van der Waals surface area (Å²) in [5.74, 6) is -3.48. The van der Waals surface area contributed by atoms with Crippen molar-refractivity contribution in [3.05, 3.63) is 33.9 Å². The topological polar surface area (TPSA) is 72.6 Å². The maximum atomic E-state index is 13.2. The summed E-state index contributed by atoms with van der Waals surface area (Å²) in [5.41, 5.74) is -0.681. The van der Waals surface area contributed by atoms with Gasteiger partial charge < -0.3 is 9.84 Å². The van der Waals surface area contributed by atoms with Gasteiger partial charge in [0.1, 0.15) is 6.61 Å². The number of aliphatic hydroxyl groups excluding tert-OH is 1. The van der Waals surface area contributed by atoms with E-state index in [0.29, 0.717) is 6.07 Å². The van der Waals surface area contributed by atoms with Crippen LogP contribution in [0.4, 0.5) is 14.5 Å². The molecule has 7 heteroatoms. The van der Waals surface area contributed by atoms with Crippen LogP contribution in [0.3, 0.4) is 0 Å². The highest BCUT2D eigenvalue weighted by molar-refractivity contribution is 5.47. The molecule has 0 aromatic heterocycles. The molecule has 0 aliphatic heterocycles. The van der Waals surface area contributed by atoms with Crippen LogP contribution in [0.2, 0.25) is 0 Å². The predicted molar refractivity (Wildman–Crippen MR) is 50.2 cm³/mol. The molecule has 0 radical (unpaired) electrons. The molecule has 0 unspecified atom stereocenters. The van der Waals surface area contributed by atoms with Crippen LogP contribution in [-0.2, 0) is 0 Å². The van der Waals surface area contributed by atoms with Crippen LogP contribution >= 0.6 is 0 Å². The van der Waals surface area contributed by atoms with E-state index in [0.717, 1.165) is 6.07 Å². The molecule has 0 amide bonds. The van der Waals surface area contributed by atoms with Gasteiger partial charge in [-0.3, -0.25) is 10.1 Å². The number of hydrogen-bond acceptors (Lipinski definition) is 4. The third kappa shape index (κ3) is 2.63. The lowest BCUT2D eigenvalue weighted by molar-refractivity contribution is -0.386. The van der Waals surface area contributed by atoms with Gasteiger partial charge in [-0.25, -0.2) is 4.39 Å². The average molecular weight is 233 g/mol. The number of benzene rings is 1. The molecule has 1 atom stereocenters. The quantitative estimate of drug-likeness (QED) is 0.633. The minimum Gasteiger partial charge on any atom is -0.482 e. The number of ether oxygens (including phenoxy) is 1. The maximum absolute atomic E-state index is 13.2. The third-order valence-corrected chi connectivity index (χ3v) is 1.69. The van der Waals surface area contributed by atoms with E-state index in [1.54, 1.807) is 0 Å². The van der Waals surface area contributed by atoms with E-state index in [4.69, 9.17) is 5.11 Å². The molecule has 88 valence electrons. The molecule has 16 heavy (non-hydrogen) atoms. The largest absolute Gasteiger partial charge is 0.482 e. The van der Waals surface area contributed by atoms with Gasteiger partial charge in [-0.15, -0.1) is 0 Å². The van der Waals surface area contributed by atoms with E-state index in [9.17, 15) is 18.9 Å². The Morgan fingerprint density at radius 3 is 2.69 bits per heavy atom. The highest BCUT2D eigenvalue weighted by Gasteiger charge is 2.23. The average Bonchev–Trinajstić information content (AvgIpc) is 2.19. The summed E-state index contributed by atoms with van der Waals surface area (Å²) in [5, 5.41) is 19.4. The minimum atomic E-state index is -1.44. The molecule has 1 rings (SSSR count). The first-order valence-corrected chi connectivity index (χ1v) is 4.36. The number of aliphatic hydroxyl groups is 1. The third-order valence-electron chi connectivity index (χ3n) is 1.69. The molecule has 1 N–H and O–H groups in total. The molecule has 0 bridgehead atoms. The fourth-order valence-electron chi connectivity index (χ4n) is 1.01. The van der Waals surface area contributed by atoms with Crippen molar-refractivity contribution in [2.24, 2.45) is 0 Å². The fraction of sp³-hybridized carbons (Fsp3) is 0.333. The van der Waals surface area contributed by atoms with Gasteiger partial charge in [-0.05, 0) is 13.0 Å². The first-order chi connectivity index (χ1) is 7.43. The molecule has 0 saturated carbocycles. The summed E-state index contributed by atoms with van der Waals surface area (Å²) >= 11 is 0. The van der Waals surface area contributed by atoms with E-state index < -0.39 is 34.1 Å². The Bertz CT molecular complexity index is 409. The van der Waals surface area contributed by atoms with Gasteiger partial charge in [0, 0.05) is 6.07 Å². The fourth-order valence-corrected chi connectivity index (χ4v) is 1.01. The Morgan fingerprint density at radius 1 is 1.56 bits per heavy atom. The summed E-state index contributed by atoms with van der Waals surface area (Å²) in [6, 6.07) is 1.44. The monoisotopic (exact) mass is 233 g/mol. The first kappa shape index (κ1) is 12.3. The van der Waals surface area contributed by atoms with Gasteiger partial charge in [0.2, 0.25) is 11.6 Å². The number of nitrogens with zero attached hydrogens (tertiary/aromatic N) is 1. The molecule has 0 aliphatic rings. The van der Waals surface area contributed by atoms with Gasteiger partial charge >= 0.3 is 5.69 Å². The van der Waals surface area contributed by atoms with Crippen molar-refractivity contribution in [3.8, 4) is 5.75 Å². The molecule has 0 spiro atoms. The van der Waals surface area contributed by atoms with Gasteiger partial charge in [0.25, 0.3) is 0 Å². The van der Waals surface area contributed by atoms with Gasteiger partial charge in [0.05, 0.1) is 11.0 Å². The second kappa shape index (κ2) is 4.84. The second-order valence-electron chi connectivity index (χ2n) is 3.13. The number of nitro groups is 1. The van der Waals surface area contributed by atoms with Crippen molar-refractivity contribution in [1.82, 2.24) is 0 Å². The molecule has 0 heterocycles. The lowest BCUT2D eigenvalue weighted by atomic mass is 10.2. The van der Waals surface area contributed by atoms with Gasteiger partial charge in [0.15, 0.2) is 5.82 Å². The molecule has 0 saturated heterocycles. The summed E-state index contributed by atoms with van der Waals surface area (Å²) < 4.78 is 30.7. The van der Waals surface area contributed by atoms with Crippen LogP contribution in [0.25, 0.3) is 0 Å². The minimum absolute atomic E-state index is 0.360. The predicted octanol–water partition coefficient (Wildman–Crippen LogP) is 1.63. The smallest absolute Gasteiger partial charge is 0.314 e. The van der Waals surface area contributed by atoms with E-state index >= 15 is 0 Å². The highest BCUT2D eigenvalue weighted by atomic mass is 19.2. The number of nitro benzene ring substituents is 1. The summed E-state index contributed by atoms with van der Waals surface area (Å²) in [7, 11) is 0. The molecule has 1 aromatic carbocycles. The lowest BCUT2D eigenvalue weighted by Crippen LogP contribution is -2.14. The van der Waals surface area contributed by atoms with Crippen molar-refractivity contribution in [1.29, 1.82) is 0 Å². The summed E-state index contributed by atoms with van der Waals surface area (Å²) in [4.78, 5) is 9.61. The van der Waals surface area contributed by atoms with Crippen molar-refractivity contribution < 1.29 is 23.5 Å². The number of hydrogen-bond donors (Lipinski definition) is 1. The van der Waals surface area contributed by atoms with E-state index in [2.05, 4.69) is 4.74 Å². The molecule has 0 aliphatic carbocycles. The Hall–Kier alpha value is -1.76. The van der Waals surface area contributed by atoms with Crippen molar-refractivity contribution in [3.63, 3.8) is 0 Å². The molecule has 1 aromatic rings. The molecular weight excluding hydrogens is 224 g/mol. The van der Waals surface area contributed by atoms with Crippen molar-refractivity contribution in [2.45, 2.75) is 13.0 Å². The second-order valence-corrected chi connectivity index (χ2v) is 3.13. The number of rotatable bonds is 4. The first-order valence-electron chi connectivity index (χ1n) is 4.36. The molecular formula is C9H9F2NO4. The summed E-state index contributed by atoms with van der Waals surface area (Å²) in [6.45, 7) is 0.990. The Morgan fingerprint density at radius 2 is 2.19 bits per heavy atom. The normalized spacial score (nSPS) is 12.2. The van der Waals surface area contributed by atoms with Crippen molar-refractivity contribution in [2.75, 3.05) is 6.61 Å². The molecule has 0 fully saturated rings. The Labute approximate surface area is 89.4 Å². The maximum Gasteiger partial charge on any atom is 0.314 e. The van der Waals surface area contributed by atoms with Crippen LogP contribution in [-0.4, -0.2) is 22.7 Å². The van der Waals surface area contributed by atoms with Crippen LogP contribution in [0.15, 0.2) is 12.1 Å². The zero-order valence-electron chi connectivity index (χ0n) is 8.31. The van der Waals surface area contributed by atoms with Crippen molar-refractivity contribution >= 4 is 5.69 Å². The van der Waals surface area contributed by atoms with Crippen LogP contribution in [0, 0.1) is 21.7 Å². The van der Waals surface area contributed by atoms with E-state index in [1.165, 1.54) is 6.92 Å². The Balaban J connectivity index is 3.11. The van der Waals surface area contributed by atoms with Gasteiger partial charge in [-0.1, -0.05) is 0 Å². The zero-order chi connectivity index (χ0) is 12.3. The Kier molecular flexibility index (Phi) is 3.73. The zero-order valence-corrected chi connectivity index (χ0v) is 8.31. The van der Waals surface area contributed by atoms with Crippen LogP contribution < -0.4 is 4.74 Å². The van der Waals surface area contributed by atoms with E-state index in [1.807, 2.05) is 0 Å². The summed E-state index contributed by atoms with van der Waals surface area (Å²) in [6.07, 6.45) is -0.942. The lowest BCUT2D eigenvalue weighted by Gasteiger charge is -2.09. The van der Waals surface area contributed by atoms with Crippen LogP contribution in [0.5, 0.6) is 5.75 Å². The van der Waals surface area contributed by atoms with Crippen LogP contribution in [0.1, 0.15) is 6.92 Å². The number of halogens is 2.